The lowest BCUT2D eigenvalue weighted by atomic mass is 10.3. The number of aromatic nitrogens is 2. The Hall–Kier alpha value is -1.58. The molecule has 0 bridgehead atoms. The molecule has 1 aromatic rings. The van der Waals surface area contributed by atoms with Crippen LogP contribution in [0.15, 0.2) is 30.9 Å². The summed E-state index contributed by atoms with van der Waals surface area (Å²) in [7, 11) is 0. The Kier molecular flexibility index (Phi) is 3.91. The van der Waals surface area contributed by atoms with Gasteiger partial charge >= 0.3 is 0 Å². The molecule has 4 heteroatoms. The zero-order valence-electron chi connectivity index (χ0n) is 8.47. The molecule has 1 N–H and O–H groups in total. The van der Waals surface area contributed by atoms with Gasteiger partial charge in [0.2, 0.25) is 5.91 Å². The highest BCUT2D eigenvalue weighted by atomic mass is 16.1. The second-order valence-corrected chi connectivity index (χ2v) is 3.33. The first-order valence-electron chi connectivity index (χ1n) is 4.61. The van der Waals surface area contributed by atoms with Gasteiger partial charge in [0.05, 0.1) is 6.33 Å². The SMILES string of the molecule is CC(C)NC(=O)/C=C/Cn1ccnc1. The van der Waals surface area contributed by atoms with Crippen molar-refractivity contribution in [3.05, 3.63) is 30.9 Å². The van der Waals surface area contributed by atoms with Crippen molar-refractivity contribution in [1.82, 2.24) is 14.9 Å². The molecule has 1 heterocycles. The third kappa shape index (κ3) is 3.89. The Bertz CT molecular complexity index is 301. The Morgan fingerprint density at radius 2 is 2.43 bits per heavy atom. The van der Waals surface area contributed by atoms with Crippen molar-refractivity contribution in [2.75, 3.05) is 0 Å². The summed E-state index contributed by atoms with van der Waals surface area (Å²) in [4.78, 5) is 15.1. The van der Waals surface area contributed by atoms with Crippen LogP contribution in [0, 0.1) is 0 Å². The van der Waals surface area contributed by atoms with E-state index in [1.165, 1.54) is 0 Å². The average molecular weight is 193 g/mol. The third-order valence-electron chi connectivity index (χ3n) is 1.58. The number of nitrogens with one attached hydrogen (secondary N) is 1. The van der Waals surface area contributed by atoms with Gasteiger partial charge in [-0.05, 0) is 13.8 Å². The van der Waals surface area contributed by atoms with E-state index in [0.29, 0.717) is 6.54 Å². The van der Waals surface area contributed by atoms with Crippen LogP contribution >= 0.6 is 0 Å². The molecule has 14 heavy (non-hydrogen) atoms. The van der Waals surface area contributed by atoms with E-state index in [9.17, 15) is 4.79 Å². The van der Waals surface area contributed by atoms with Crippen LogP contribution in [0.3, 0.4) is 0 Å². The summed E-state index contributed by atoms with van der Waals surface area (Å²) in [5, 5.41) is 2.77. The summed E-state index contributed by atoms with van der Waals surface area (Å²) < 4.78 is 1.89. The summed E-state index contributed by atoms with van der Waals surface area (Å²) >= 11 is 0. The number of carbonyl (C=O) groups excluding carboxylic acids is 1. The van der Waals surface area contributed by atoms with E-state index in [-0.39, 0.29) is 11.9 Å². The second kappa shape index (κ2) is 5.21. The molecule has 4 nitrogen and oxygen atoms in total. The third-order valence-corrected chi connectivity index (χ3v) is 1.58. The molecule has 0 aromatic carbocycles. The van der Waals surface area contributed by atoms with Crippen molar-refractivity contribution in [1.29, 1.82) is 0 Å². The van der Waals surface area contributed by atoms with E-state index in [0.717, 1.165) is 0 Å². The van der Waals surface area contributed by atoms with Crippen LogP contribution in [-0.4, -0.2) is 21.5 Å². The Labute approximate surface area is 83.6 Å². The van der Waals surface area contributed by atoms with Crippen LogP contribution in [0.25, 0.3) is 0 Å². The maximum absolute atomic E-state index is 11.2. The second-order valence-electron chi connectivity index (χ2n) is 3.33. The molecule has 76 valence electrons. The van der Waals surface area contributed by atoms with E-state index in [2.05, 4.69) is 10.3 Å². The van der Waals surface area contributed by atoms with Gasteiger partial charge in [0, 0.05) is 31.1 Å². The van der Waals surface area contributed by atoms with Crippen molar-refractivity contribution in [3.8, 4) is 0 Å². The fraction of sp³-hybridized carbons (Fsp3) is 0.400. The predicted molar refractivity (Wildman–Crippen MR) is 54.6 cm³/mol. The molecule has 0 spiro atoms. The van der Waals surface area contributed by atoms with Crippen LogP contribution in [0.1, 0.15) is 13.8 Å². The zero-order valence-corrected chi connectivity index (χ0v) is 8.47. The summed E-state index contributed by atoms with van der Waals surface area (Å²) in [5.41, 5.74) is 0. The van der Waals surface area contributed by atoms with Crippen molar-refractivity contribution in [2.24, 2.45) is 0 Å². The van der Waals surface area contributed by atoms with E-state index >= 15 is 0 Å². The van der Waals surface area contributed by atoms with Crippen molar-refractivity contribution in [3.63, 3.8) is 0 Å². The summed E-state index contributed by atoms with van der Waals surface area (Å²) in [6.45, 7) is 4.54. The highest BCUT2D eigenvalue weighted by molar-refractivity contribution is 5.87. The van der Waals surface area contributed by atoms with Gasteiger partial charge in [-0.15, -0.1) is 0 Å². The standard InChI is InChI=1S/C10H15N3O/c1-9(2)12-10(14)4-3-6-13-7-5-11-8-13/h3-5,7-9H,6H2,1-2H3,(H,12,14)/b4-3+. The summed E-state index contributed by atoms with van der Waals surface area (Å²) in [6, 6.07) is 0.181. The van der Waals surface area contributed by atoms with Crippen molar-refractivity contribution in [2.45, 2.75) is 26.4 Å². The number of allylic oxidation sites excluding steroid dienone is 1. The highest BCUT2D eigenvalue weighted by Gasteiger charge is 1.96. The van der Waals surface area contributed by atoms with Gasteiger partial charge in [-0.2, -0.15) is 0 Å². The molecule has 0 saturated heterocycles. The van der Waals surface area contributed by atoms with E-state index < -0.39 is 0 Å². The number of hydrogen-bond donors (Lipinski definition) is 1. The van der Waals surface area contributed by atoms with Crippen LogP contribution in [0.5, 0.6) is 0 Å². The summed E-state index contributed by atoms with van der Waals surface area (Å²) in [5.74, 6) is -0.0554. The van der Waals surface area contributed by atoms with Gasteiger partial charge in [0.1, 0.15) is 0 Å². The minimum absolute atomic E-state index is 0.0554. The molecule has 0 atom stereocenters. The average Bonchev–Trinajstić information content (AvgIpc) is 2.55. The van der Waals surface area contributed by atoms with Crippen LogP contribution in [0.2, 0.25) is 0 Å². The molecule has 1 aromatic heterocycles. The van der Waals surface area contributed by atoms with Gasteiger partial charge in [-0.25, -0.2) is 4.98 Å². The van der Waals surface area contributed by atoms with E-state index in [1.54, 1.807) is 24.7 Å². The Morgan fingerprint density at radius 3 is 3.00 bits per heavy atom. The topological polar surface area (TPSA) is 46.9 Å². The molecule has 0 aliphatic rings. The van der Waals surface area contributed by atoms with Gasteiger partial charge in [0.25, 0.3) is 0 Å². The van der Waals surface area contributed by atoms with Crippen molar-refractivity contribution >= 4 is 5.91 Å². The lowest BCUT2D eigenvalue weighted by molar-refractivity contribution is -0.116. The fourth-order valence-corrected chi connectivity index (χ4v) is 1.01. The quantitative estimate of drug-likeness (QED) is 0.724. The number of nitrogens with zero attached hydrogens (tertiary/aromatic N) is 2. The monoisotopic (exact) mass is 193 g/mol. The zero-order chi connectivity index (χ0) is 10.4. The lowest BCUT2D eigenvalue weighted by Crippen LogP contribution is -2.28. The molecular formula is C10H15N3O. The maximum Gasteiger partial charge on any atom is 0.243 e. The minimum atomic E-state index is -0.0554. The van der Waals surface area contributed by atoms with Crippen LogP contribution < -0.4 is 5.32 Å². The Balaban J connectivity index is 2.30. The number of rotatable bonds is 4. The number of imidazole rings is 1. The van der Waals surface area contributed by atoms with Crippen LogP contribution in [-0.2, 0) is 11.3 Å². The number of carbonyl (C=O) groups is 1. The van der Waals surface area contributed by atoms with Gasteiger partial charge in [-0.3, -0.25) is 4.79 Å². The Morgan fingerprint density at radius 1 is 1.64 bits per heavy atom. The smallest absolute Gasteiger partial charge is 0.243 e. The van der Waals surface area contributed by atoms with Crippen LogP contribution in [0.4, 0.5) is 0 Å². The van der Waals surface area contributed by atoms with Crippen molar-refractivity contribution < 1.29 is 4.79 Å². The number of amides is 1. The van der Waals surface area contributed by atoms with E-state index in [1.807, 2.05) is 24.6 Å². The molecule has 0 aliphatic carbocycles. The van der Waals surface area contributed by atoms with Gasteiger partial charge < -0.3 is 9.88 Å². The van der Waals surface area contributed by atoms with Gasteiger partial charge in [0.15, 0.2) is 0 Å². The molecular weight excluding hydrogens is 178 g/mol. The lowest BCUT2D eigenvalue weighted by Gasteiger charge is -2.04. The molecule has 0 aliphatic heterocycles. The first-order valence-corrected chi connectivity index (χ1v) is 4.61. The number of hydrogen-bond acceptors (Lipinski definition) is 2. The molecule has 0 radical (unpaired) electrons. The first kappa shape index (κ1) is 10.5. The normalized spacial score (nSPS) is 11.1. The first-order chi connectivity index (χ1) is 6.68. The molecule has 0 unspecified atom stereocenters. The minimum Gasteiger partial charge on any atom is -0.350 e. The summed E-state index contributed by atoms with van der Waals surface area (Å²) in [6.07, 6.45) is 8.62. The molecule has 1 amide bonds. The van der Waals surface area contributed by atoms with Gasteiger partial charge in [-0.1, -0.05) is 6.08 Å². The largest absolute Gasteiger partial charge is 0.350 e. The molecule has 0 fully saturated rings. The molecule has 1 rings (SSSR count). The maximum atomic E-state index is 11.2. The molecule has 0 saturated carbocycles. The highest BCUT2D eigenvalue weighted by Crippen LogP contribution is 1.87. The van der Waals surface area contributed by atoms with E-state index in [4.69, 9.17) is 0 Å². The predicted octanol–water partition coefficient (Wildman–Crippen LogP) is 0.964. The fourth-order valence-electron chi connectivity index (χ4n) is 1.01.